The summed E-state index contributed by atoms with van der Waals surface area (Å²) in [5, 5.41) is 8.65. The van der Waals surface area contributed by atoms with Crippen LogP contribution in [0.4, 0.5) is 8.78 Å². The number of halogens is 4. The Kier molecular flexibility index (Phi) is 17.2. The molecule has 2 aliphatic heterocycles. The van der Waals surface area contributed by atoms with Gasteiger partial charge in [-0.05, 0) is 105 Å². The number of hydrogen-bond acceptors (Lipinski definition) is 6. The van der Waals surface area contributed by atoms with Gasteiger partial charge in [-0.1, -0.05) is 49.6 Å². The minimum absolute atomic E-state index is 0.0666. The van der Waals surface area contributed by atoms with E-state index in [1.54, 1.807) is 30.5 Å². The van der Waals surface area contributed by atoms with Crippen molar-refractivity contribution < 1.29 is 41.1 Å². The van der Waals surface area contributed by atoms with Crippen LogP contribution in [0.3, 0.4) is 0 Å². The molecule has 3 aromatic carbocycles. The van der Waals surface area contributed by atoms with E-state index >= 15 is 0 Å². The van der Waals surface area contributed by atoms with Gasteiger partial charge in [0.2, 0.25) is 0 Å². The summed E-state index contributed by atoms with van der Waals surface area (Å²) in [4.78, 5) is -0.0666. The second kappa shape index (κ2) is 20.0. The van der Waals surface area contributed by atoms with Gasteiger partial charge in [0.05, 0.1) is 31.0 Å². The molecule has 236 valence electrons. The van der Waals surface area contributed by atoms with E-state index in [-0.39, 0.29) is 29.4 Å². The number of rotatable bonds is 5. The first-order chi connectivity index (χ1) is 20.5. The van der Waals surface area contributed by atoms with Crippen molar-refractivity contribution in [2.24, 2.45) is 0 Å². The third-order valence-corrected chi connectivity index (χ3v) is 8.31. The molecule has 2 heterocycles. The fourth-order valence-electron chi connectivity index (χ4n) is 3.54. The van der Waals surface area contributed by atoms with Crippen molar-refractivity contribution in [2.45, 2.75) is 63.4 Å². The summed E-state index contributed by atoms with van der Waals surface area (Å²) >= 11 is 6.53. The van der Waals surface area contributed by atoms with Gasteiger partial charge in [-0.2, -0.15) is 8.42 Å². The predicted octanol–water partition coefficient (Wildman–Crippen LogP) is 8.26. The smallest absolute Gasteiger partial charge is 0.294 e. The zero-order valence-corrected chi connectivity index (χ0v) is 27.7. The zero-order chi connectivity index (χ0) is 31.7. The Morgan fingerprint density at radius 2 is 1.53 bits per heavy atom. The quantitative estimate of drug-likeness (QED) is 0.253. The van der Waals surface area contributed by atoms with E-state index in [4.69, 9.17) is 23.9 Å². The summed E-state index contributed by atoms with van der Waals surface area (Å²) in [6.45, 7) is 3.75. The van der Waals surface area contributed by atoms with E-state index in [1.165, 1.54) is 49.2 Å². The predicted molar refractivity (Wildman–Crippen MR) is 168 cm³/mol. The van der Waals surface area contributed by atoms with Crippen LogP contribution in [0.5, 0.6) is 0 Å². The van der Waals surface area contributed by atoms with Gasteiger partial charge in [0.25, 0.3) is 10.1 Å². The van der Waals surface area contributed by atoms with Gasteiger partial charge >= 0.3 is 0 Å². The fourth-order valence-corrected chi connectivity index (χ4v) is 4.76. The largest absolute Gasteiger partial charge is 0.502 e. The van der Waals surface area contributed by atoms with Gasteiger partial charge in [-0.25, -0.2) is 8.78 Å². The van der Waals surface area contributed by atoms with Crippen LogP contribution in [0.1, 0.15) is 48.8 Å². The Morgan fingerprint density at radius 1 is 0.907 bits per heavy atom. The van der Waals surface area contributed by atoms with Crippen LogP contribution in [0.15, 0.2) is 86.8 Å². The lowest BCUT2D eigenvalue weighted by Gasteiger charge is -2.22. The molecule has 1 fully saturated rings. The number of allylic oxidation sites excluding steroid dienone is 1. The monoisotopic (exact) mass is 748 g/mol. The molecule has 43 heavy (non-hydrogen) atoms. The van der Waals surface area contributed by atoms with Crippen molar-refractivity contribution in [3.8, 4) is 0 Å². The molecule has 1 unspecified atom stereocenters. The van der Waals surface area contributed by atoms with Gasteiger partial charge in [0, 0.05) is 15.6 Å². The van der Waals surface area contributed by atoms with Crippen LogP contribution in [0.2, 0.25) is 0 Å². The molecule has 1 saturated heterocycles. The first-order valence-corrected chi connectivity index (χ1v) is 16.5. The van der Waals surface area contributed by atoms with Crippen molar-refractivity contribution in [1.29, 1.82) is 0 Å². The highest BCUT2D eigenvalue weighted by atomic mass is 79.9. The second-order valence-electron chi connectivity index (χ2n) is 9.41. The summed E-state index contributed by atoms with van der Waals surface area (Å²) in [5.74, 6) is -0.571. The molecular formula is C31H36Br2F2O7S. The SMILES string of the molecule is C1=COCCC1.Cc1ccc(S(=O)(=O)O)cc1.Fc1ccc(Br)c(COC2CCCCO2)c1.OCc1cc(F)ccc1Br. The molecule has 0 aromatic heterocycles. The summed E-state index contributed by atoms with van der Waals surface area (Å²) in [6, 6.07) is 14.8. The van der Waals surface area contributed by atoms with Gasteiger partial charge in [-0.15, -0.1) is 0 Å². The number of aliphatic hydroxyl groups is 1. The summed E-state index contributed by atoms with van der Waals surface area (Å²) in [7, 11) is -4.02. The molecule has 5 rings (SSSR count). The third-order valence-electron chi connectivity index (χ3n) is 5.89. The van der Waals surface area contributed by atoms with Gasteiger partial charge in [0.15, 0.2) is 6.29 Å². The molecule has 0 radical (unpaired) electrons. The lowest BCUT2D eigenvalue weighted by molar-refractivity contribution is -0.169. The Hall–Kier alpha value is -2.19. The van der Waals surface area contributed by atoms with E-state index in [9.17, 15) is 17.2 Å². The Morgan fingerprint density at radius 3 is 1.98 bits per heavy atom. The molecular weight excluding hydrogens is 714 g/mol. The molecule has 2 N–H and O–H groups in total. The van der Waals surface area contributed by atoms with Crippen LogP contribution in [0.25, 0.3) is 0 Å². The van der Waals surface area contributed by atoms with Crippen LogP contribution >= 0.6 is 31.9 Å². The van der Waals surface area contributed by atoms with E-state index in [1.807, 2.05) is 13.0 Å². The normalized spacial score (nSPS) is 15.8. The number of benzene rings is 3. The Balaban J connectivity index is 0.000000211. The second-order valence-corrected chi connectivity index (χ2v) is 12.5. The minimum atomic E-state index is -4.02. The number of aryl methyl sites for hydroxylation is 1. The molecule has 0 bridgehead atoms. The van der Waals surface area contributed by atoms with E-state index < -0.39 is 10.1 Å². The van der Waals surface area contributed by atoms with Gasteiger partial charge in [0.1, 0.15) is 11.6 Å². The highest BCUT2D eigenvalue weighted by Crippen LogP contribution is 2.21. The molecule has 7 nitrogen and oxygen atoms in total. The van der Waals surface area contributed by atoms with Crippen LogP contribution < -0.4 is 0 Å². The first-order valence-electron chi connectivity index (χ1n) is 13.5. The maximum atomic E-state index is 13.0. The molecule has 3 aromatic rings. The average molecular weight is 750 g/mol. The molecule has 0 saturated carbocycles. The zero-order valence-electron chi connectivity index (χ0n) is 23.7. The summed E-state index contributed by atoms with van der Waals surface area (Å²) in [5.41, 5.74) is 2.34. The van der Waals surface area contributed by atoms with Crippen molar-refractivity contribution in [3.63, 3.8) is 0 Å². The summed E-state index contributed by atoms with van der Waals surface area (Å²) < 4.78 is 72.5. The molecule has 0 spiro atoms. The molecule has 0 aliphatic carbocycles. The minimum Gasteiger partial charge on any atom is -0.502 e. The standard InChI is InChI=1S/C12H14BrFO2.C7H6BrFO.C7H8O3S.C5H8O/c13-11-5-4-10(14)7-9(11)8-16-12-3-1-2-6-15-12;8-7-2-1-6(9)3-5(7)4-10;1-6-2-4-7(5-3-6)11(8,9)10;1-2-4-6-5-3-1/h4-5,7,12H,1-3,6,8H2;1-3,10H,4H2;2-5H,1H3,(H,8,9,10);2,4H,1,3,5H2. The number of aliphatic hydroxyl groups excluding tert-OH is 1. The number of ether oxygens (including phenoxy) is 3. The van der Waals surface area contributed by atoms with E-state index in [0.29, 0.717) is 12.2 Å². The van der Waals surface area contributed by atoms with Gasteiger partial charge < -0.3 is 19.3 Å². The molecule has 2 aliphatic rings. The fraction of sp³-hybridized carbons (Fsp3) is 0.355. The molecule has 1 atom stereocenters. The van der Waals surface area contributed by atoms with Crippen molar-refractivity contribution in [2.75, 3.05) is 13.2 Å². The Bertz CT molecular complexity index is 1370. The van der Waals surface area contributed by atoms with Gasteiger partial charge in [-0.3, -0.25) is 4.55 Å². The highest BCUT2D eigenvalue weighted by molar-refractivity contribution is 9.10. The Labute approximate surface area is 268 Å². The maximum absolute atomic E-state index is 13.0. The topological polar surface area (TPSA) is 102 Å². The van der Waals surface area contributed by atoms with Crippen LogP contribution in [0, 0.1) is 18.6 Å². The van der Waals surface area contributed by atoms with Crippen LogP contribution in [-0.4, -0.2) is 37.6 Å². The maximum Gasteiger partial charge on any atom is 0.294 e. The van der Waals surface area contributed by atoms with Crippen LogP contribution in [-0.2, 0) is 37.5 Å². The number of hydrogen-bond donors (Lipinski definition) is 2. The average Bonchev–Trinajstić information content (AvgIpc) is 3.01. The molecule has 12 heteroatoms. The van der Waals surface area contributed by atoms with Crippen molar-refractivity contribution in [1.82, 2.24) is 0 Å². The van der Waals surface area contributed by atoms with Crippen molar-refractivity contribution >= 4 is 42.0 Å². The molecule has 0 amide bonds. The highest BCUT2D eigenvalue weighted by Gasteiger charge is 2.14. The van der Waals surface area contributed by atoms with E-state index in [2.05, 4.69) is 31.9 Å². The van der Waals surface area contributed by atoms with Crippen molar-refractivity contribution in [3.05, 3.63) is 110 Å². The first kappa shape index (κ1) is 37.0. The lowest BCUT2D eigenvalue weighted by Crippen LogP contribution is -2.22. The lowest BCUT2D eigenvalue weighted by atomic mass is 10.2. The summed E-state index contributed by atoms with van der Waals surface area (Å²) in [6.07, 6.45) is 9.22. The van der Waals surface area contributed by atoms with E-state index in [0.717, 1.165) is 52.5 Å². The third kappa shape index (κ3) is 15.4.